The minimum atomic E-state index is -0.584. The first-order valence-corrected chi connectivity index (χ1v) is 10.7. The van der Waals surface area contributed by atoms with E-state index in [4.69, 9.17) is 4.74 Å². The first-order chi connectivity index (χ1) is 16.5. The fourth-order valence-corrected chi connectivity index (χ4v) is 3.71. The van der Waals surface area contributed by atoms with Gasteiger partial charge in [-0.1, -0.05) is 48.5 Å². The molecular weight excluding hydrogens is 430 g/mol. The minimum Gasteiger partial charge on any atom is -0.452 e. The molecule has 0 aliphatic rings. The predicted molar refractivity (Wildman–Crippen MR) is 127 cm³/mol. The Morgan fingerprint density at radius 2 is 1.74 bits per heavy atom. The topological polar surface area (TPSA) is 102 Å². The highest BCUT2D eigenvalue weighted by molar-refractivity contribution is 5.96. The van der Waals surface area contributed by atoms with Gasteiger partial charge in [-0.05, 0) is 37.6 Å². The van der Waals surface area contributed by atoms with E-state index in [-0.39, 0.29) is 11.4 Å². The second-order valence-electron chi connectivity index (χ2n) is 7.75. The van der Waals surface area contributed by atoms with Crippen LogP contribution in [0, 0.1) is 25.2 Å². The number of nitrogens with one attached hydrogen (secondary N) is 1. The first kappa shape index (κ1) is 22.6. The average molecular weight is 454 g/mol. The Hall–Kier alpha value is -4.64. The number of para-hydroxylation sites is 1. The van der Waals surface area contributed by atoms with Gasteiger partial charge in [0, 0.05) is 17.9 Å². The van der Waals surface area contributed by atoms with Gasteiger partial charge in [0.05, 0.1) is 17.4 Å². The summed E-state index contributed by atoms with van der Waals surface area (Å²) in [6, 6.07) is 22.8. The maximum Gasteiger partial charge on any atom is 0.340 e. The first-order valence-electron chi connectivity index (χ1n) is 10.7. The monoisotopic (exact) mass is 453 g/mol. The van der Waals surface area contributed by atoms with Crippen molar-refractivity contribution >= 4 is 17.7 Å². The SMILES string of the molecule is Cc1cc(C(=O)OCC(=O)Nc2c(C#N)cnn2-c2ccccc2)c(C)n1Cc1ccccc1. The number of esters is 1. The number of carbonyl (C=O) groups excluding carboxylic acids is 2. The standard InChI is InChI=1S/C26H23N5O3/c1-18-13-23(19(2)30(18)16-20-9-5-3-6-10-20)26(33)34-17-24(32)29-25-21(14-27)15-28-31(25)22-11-7-4-8-12-22/h3-13,15H,16-17H2,1-2H3,(H,29,32). The molecule has 0 spiro atoms. The van der Waals surface area contributed by atoms with Gasteiger partial charge < -0.3 is 14.6 Å². The molecule has 4 aromatic rings. The van der Waals surface area contributed by atoms with Gasteiger partial charge >= 0.3 is 5.97 Å². The molecule has 2 aromatic carbocycles. The van der Waals surface area contributed by atoms with E-state index in [0.29, 0.717) is 17.8 Å². The molecule has 4 rings (SSSR count). The Labute approximate surface area is 197 Å². The largest absolute Gasteiger partial charge is 0.452 e. The van der Waals surface area contributed by atoms with Gasteiger partial charge in [0.25, 0.3) is 5.91 Å². The van der Waals surface area contributed by atoms with E-state index in [1.165, 1.54) is 10.9 Å². The summed E-state index contributed by atoms with van der Waals surface area (Å²) in [5.41, 5.74) is 4.10. The zero-order valence-corrected chi connectivity index (χ0v) is 18.9. The highest BCUT2D eigenvalue weighted by atomic mass is 16.5. The normalized spacial score (nSPS) is 10.5. The molecule has 34 heavy (non-hydrogen) atoms. The third-order valence-electron chi connectivity index (χ3n) is 5.46. The van der Waals surface area contributed by atoms with Crippen LogP contribution in [0.1, 0.15) is 32.9 Å². The lowest BCUT2D eigenvalue weighted by Gasteiger charge is -2.11. The van der Waals surface area contributed by atoms with Crippen LogP contribution in [-0.4, -0.2) is 32.8 Å². The number of nitriles is 1. The molecule has 0 atom stereocenters. The summed E-state index contributed by atoms with van der Waals surface area (Å²) in [6.07, 6.45) is 1.37. The maximum absolute atomic E-state index is 12.7. The van der Waals surface area contributed by atoms with Gasteiger partial charge in [0.1, 0.15) is 11.6 Å². The number of carbonyl (C=O) groups is 2. The van der Waals surface area contributed by atoms with E-state index >= 15 is 0 Å². The molecule has 1 N–H and O–H groups in total. The van der Waals surface area contributed by atoms with Crippen LogP contribution in [0.4, 0.5) is 5.82 Å². The molecule has 0 aliphatic carbocycles. The third-order valence-corrected chi connectivity index (χ3v) is 5.46. The number of anilines is 1. The van der Waals surface area contributed by atoms with Gasteiger partial charge in [-0.3, -0.25) is 4.79 Å². The summed E-state index contributed by atoms with van der Waals surface area (Å²) >= 11 is 0. The highest BCUT2D eigenvalue weighted by Crippen LogP contribution is 2.20. The van der Waals surface area contributed by atoms with Crippen molar-refractivity contribution in [1.29, 1.82) is 5.26 Å². The van der Waals surface area contributed by atoms with E-state index in [1.54, 1.807) is 18.2 Å². The van der Waals surface area contributed by atoms with Crippen molar-refractivity contribution in [3.05, 3.63) is 101 Å². The molecule has 2 aromatic heterocycles. The molecule has 0 fully saturated rings. The molecule has 0 unspecified atom stereocenters. The van der Waals surface area contributed by atoms with E-state index in [9.17, 15) is 14.9 Å². The van der Waals surface area contributed by atoms with Crippen LogP contribution in [0.2, 0.25) is 0 Å². The van der Waals surface area contributed by atoms with Crippen LogP contribution >= 0.6 is 0 Å². The van der Waals surface area contributed by atoms with Crippen molar-refractivity contribution in [1.82, 2.24) is 14.3 Å². The van der Waals surface area contributed by atoms with Crippen molar-refractivity contribution in [3.63, 3.8) is 0 Å². The molecule has 0 aliphatic heterocycles. The molecule has 170 valence electrons. The number of aryl methyl sites for hydroxylation is 1. The molecule has 0 bridgehead atoms. The van der Waals surface area contributed by atoms with Gasteiger partial charge in [0.2, 0.25) is 0 Å². The molecular formula is C26H23N5O3. The number of hydrogen-bond donors (Lipinski definition) is 1. The van der Waals surface area contributed by atoms with Crippen molar-refractivity contribution < 1.29 is 14.3 Å². The van der Waals surface area contributed by atoms with Crippen molar-refractivity contribution in [3.8, 4) is 11.8 Å². The van der Waals surface area contributed by atoms with Gasteiger partial charge in [-0.15, -0.1) is 0 Å². The smallest absolute Gasteiger partial charge is 0.340 e. The summed E-state index contributed by atoms with van der Waals surface area (Å²) in [6.45, 7) is 3.91. The van der Waals surface area contributed by atoms with Crippen LogP contribution in [0.25, 0.3) is 5.69 Å². The van der Waals surface area contributed by atoms with Gasteiger partial charge in [-0.25, -0.2) is 9.48 Å². The number of rotatable bonds is 7. The second-order valence-corrected chi connectivity index (χ2v) is 7.75. The maximum atomic E-state index is 12.7. The van der Waals surface area contributed by atoms with E-state index < -0.39 is 18.5 Å². The Balaban J connectivity index is 1.44. The van der Waals surface area contributed by atoms with Crippen molar-refractivity contribution in [2.24, 2.45) is 0 Å². The fraction of sp³-hybridized carbons (Fsp3) is 0.154. The van der Waals surface area contributed by atoms with E-state index in [1.807, 2.05) is 73.0 Å². The second kappa shape index (κ2) is 9.88. The van der Waals surface area contributed by atoms with Crippen LogP contribution in [0.5, 0.6) is 0 Å². The van der Waals surface area contributed by atoms with E-state index in [2.05, 4.69) is 10.4 Å². The zero-order chi connectivity index (χ0) is 24.1. The number of benzene rings is 2. The fourth-order valence-electron chi connectivity index (χ4n) is 3.71. The predicted octanol–water partition coefficient (Wildman–Crippen LogP) is 4.01. The van der Waals surface area contributed by atoms with Crippen molar-refractivity contribution in [2.75, 3.05) is 11.9 Å². The summed E-state index contributed by atoms with van der Waals surface area (Å²) in [5, 5.41) is 16.2. The van der Waals surface area contributed by atoms with Crippen LogP contribution in [0.3, 0.4) is 0 Å². The molecule has 8 heteroatoms. The summed E-state index contributed by atoms with van der Waals surface area (Å²) in [7, 11) is 0. The van der Waals surface area contributed by atoms with Crippen LogP contribution in [0.15, 0.2) is 72.9 Å². The quantitative estimate of drug-likeness (QED) is 0.426. The number of amides is 1. The molecule has 0 saturated carbocycles. The average Bonchev–Trinajstić information content (AvgIpc) is 3.39. The molecule has 8 nitrogen and oxygen atoms in total. The number of aromatic nitrogens is 3. The Morgan fingerprint density at radius 3 is 2.41 bits per heavy atom. The Bertz CT molecular complexity index is 1360. The summed E-state index contributed by atoms with van der Waals surface area (Å²) in [4.78, 5) is 25.3. The van der Waals surface area contributed by atoms with E-state index in [0.717, 1.165) is 17.0 Å². The highest BCUT2D eigenvalue weighted by Gasteiger charge is 2.20. The molecule has 1 amide bonds. The minimum absolute atomic E-state index is 0.202. The van der Waals surface area contributed by atoms with Crippen LogP contribution in [-0.2, 0) is 16.1 Å². The number of ether oxygens (including phenoxy) is 1. The van der Waals surface area contributed by atoms with Crippen molar-refractivity contribution in [2.45, 2.75) is 20.4 Å². The lowest BCUT2D eigenvalue weighted by molar-refractivity contribution is -0.119. The zero-order valence-electron chi connectivity index (χ0n) is 18.9. The summed E-state index contributed by atoms with van der Waals surface area (Å²) < 4.78 is 8.77. The van der Waals surface area contributed by atoms with Crippen LogP contribution < -0.4 is 5.32 Å². The van der Waals surface area contributed by atoms with Gasteiger partial charge in [0.15, 0.2) is 12.4 Å². The number of hydrogen-bond acceptors (Lipinski definition) is 5. The summed E-state index contributed by atoms with van der Waals surface area (Å²) in [5.74, 6) is -0.934. The Morgan fingerprint density at radius 1 is 1.06 bits per heavy atom. The third kappa shape index (κ3) is 4.74. The Kier molecular flexibility index (Phi) is 6.55. The lowest BCUT2D eigenvalue weighted by Crippen LogP contribution is -2.23. The molecule has 0 saturated heterocycles. The molecule has 2 heterocycles. The molecule has 0 radical (unpaired) electrons. The van der Waals surface area contributed by atoms with Gasteiger partial charge in [-0.2, -0.15) is 10.4 Å². The number of nitrogens with zero attached hydrogens (tertiary/aromatic N) is 4. The lowest BCUT2D eigenvalue weighted by atomic mass is 10.2.